The Morgan fingerprint density at radius 1 is 0.759 bits per heavy atom. The van der Waals surface area contributed by atoms with Crippen LogP contribution < -0.4 is 5.32 Å². The Hall–Kier alpha value is -3.79. The van der Waals surface area contributed by atoms with Crippen molar-refractivity contribution >= 4 is 93.7 Å². The number of nitrogens with one attached hydrogen (secondary N) is 3. The summed E-state index contributed by atoms with van der Waals surface area (Å²) in [6.07, 6.45) is 6.55. The largest absolute Gasteiger partial charge is 0.453 e. The van der Waals surface area contributed by atoms with E-state index in [0.717, 1.165) is 84.6 Å². The molecule has 58 heavy (non-hydrogen) atoms. The van der Waals surface area contributed by atoms with Crippen LogP contribution >= 0.6 is 54.0 Å². The molecular weight excluding hydrogens is 807 g/mol. The molecule has 2 fully saturated rings. The first-order valence-electron chi connectivity index (χ1n) is 19.5. The fourth-order valence-corrected chi connectivity index (χ4v) is 8.00. The molecule has 0 unspecified atom stereocenters. The van der Waals surface area contributed by atoms with Crippen LogP contribution in [0.1, 0.15) is 95.3 Å². The SMILES string of the molecule is COC(=O)N[C@H](C(=O)N1CCC[C@H]1c1ncc(CCc2ccc3cc(-c4ccc5nc([C@@H]6CCCN6C(=O)[C@@H](C)C(C)C)[nH]c5c4)ccc3c2)[nH]1)C(C)C.S.S.S.S. The maximum Gasteiger partial charge on any atom is 0.407 e. The zero-order valence-electron chi connectivity index (χ0n) is 34.3. The van der Waals surface area contributed by atoms with E-state index >= 15 is 0 Å². The standard InChI is InChI=1S/C43H53N7O4.4H2S/c1-25(2)27(5)41(51)49-19-8-10-37(49)40-46-34-18-16-32(23-35(34)47-40)31-15-14-29-21-28(11-13-30(29)22-31)12-17-33-24-44-39(45-33)36-9-7-20-50(36)42(52)38(26(3)4)48-43(53)54-6;;;;/h11,13-16,18,21-27,36-38H,7-10,12,17,19-20H2,1-6H3,(H,44,45)(H,46,47)(H,48,53);4*1H2/t27-,36-,37-,38-;;;;/m0..../s1. The summed E-state index contributed by atoms with van der Waals surface area (Å²) in [5.74, 6) is 2.00. The molecule has 3 aromatic carbocycles. The van der Waals surface area contributed by atoms with Crippen molar-refractivity contribution < 1.29 is 19.1 Å². The monoisotopic (exact) mass is 867 g/mol. The van der Waals surface area contributed by atoms with Crippen LogP contribution in [0.15, 0.2) is 60.8 Å². The number of fused-ring (bicyclic) bond motifs is 2. The maximum atomic E-state index is 13.5. The van der Waals surface area contributed by atoms with Gasteiger partial charge in [-0.15, -0.1) is 0 Å². The molecule has 0 saturated carbocycles. The van der Waals surface area contributed by atoms with Crippen LogP contribution in [0.25, 0.3) is 32.9 Å². The minimum absolute atomic E-state index is 0. The number of amides is 3. The van der Waals surface area contributed by atoms with Gasteiger partial charge in [0.2, 0.25) is 11.8 Å². The fraction of sp³-hybridized carbons (Fsp3) is 0.465. The molecule has 0 spiro atoms. The first kappa shape index (κ1) is 48.6. The molecule has 4 atom stereocenters. The molecule has 5 aromatic rings. The van der Waals surface area contributed by atoms with Crippen LogP contribution in [0.3, 0.4) is 0 Å². The molecule has 2 aliphatic rings. The van der Waals surface area contributed by atoms with Gasteiger partial charge >= 0.3 is 6.09 Å². The van der Waals surface area contributed by atoms with Gasteiger partial charge in [-0.05, 0) is 96.0 Å². The van der Waals surface area contributed by atoms with Crippen molar-refractivity contribution in [2.24, 2.45) is 17.8 Å². The highest BCUT2D eigenvalue weighted by Crippen LogP contribution is 2.35. The zero-order valence-corrected chi connectivity index (χ0v) is 38.3. The van der Waals surface area contributed by atoms with E-state index in [9.17, 15) is 14.4 Å². The minimum atomic E-state index is -0.657. The van der Waals surface area contributed by atoms with Crippen molar-refractivity contribution in [3.63, 3.8) is 0 Å². The quantitative estimate of drug-likeness (QED) is 0.122. The summed E-state index contributed by atoms with van der Waals surface area (Å²) in [4.78, 5) is 59.2. The second-order valence-electron chi connectivity index (χ2n) is 15.8. The van der Waals surface area contributed by atoms with Gasteiger partial charge in [0, 0.05) is 30.9 Å². The highest BCUT2D eigenvalue weighted by atomic mass is 32.1. The van der Waals surface area contributed by atoms with E-state index < -0.39 is 12.1 Å². The molecule has 316 valence electrons. The van der Waals surface area contributed by atoms with Gasteiger partial charge < -0.3 is 29.8 Å². The lowest BCUT2D eigenvalue weighted by molar-refractivity contribution is -0.137. The Morgan fingerprint density at radius 2 is 1.38 bits per heavy atom. The normalized spacial score (nSPS) is 17.3. The predicted molar refractivity (Wildman–Crippen MR) is 252 cm³/mol. The second-order valence-corrected chi connectivity index (χ2v) is 15.8. The van der Waals surface area contributed by atoms with E-state index in [2.05, 4.69) is 83.7 Å². The number of methoxy groups -OCH3 is 1. The topological polar surface area (TPSA) is 136 Å². The van der Waals surface area contributed by atoms with Crippen LogP contribution in [0.2, 0.25) is 0 Å². The summed E-state index contributed by atoms with van der Waals surface area (Å²) in [5, 5.41) is 5.08. The number of benzene rings is 3. The predicted octanol–water partition coefficient (Wildman–Crippen LogP) is 8.34. The molecule has 3 N–H and O–H groups in total. The minimum Gasteiger partial charge on any atom is -0.453 e. The lowest BCUT2D eigenvalue weighted by Crippen LogP contribution is -2.51. The summed E-state index contributed by atoms with van der Waals surface area (Å²) < 4.78 is 4.76. The van der Waals surface area contributed by atoms with Gasteiger partial charge in [0.05, 0.1) is 30.2 Å². The van der Waals surface area contributed by atoms with Gasteiger partial charge in [-0.1, -0.05) is 71.0 Å². The number of carbonyl (C=O) groups is 3. The molecule has 0 aliphatic carbocycles. The Balaban J connectivity index is 0.00000225. The molecule has 0 radical (unpaired) electrons. The number of hydrogen-bond donors (Lipinski definition) is 3. The van der Waals surface area contributed by atoms with E-state index in [1.54, 1.807) is 0 Å². The summed E-state index contributed by atoms with van der Waals surface area (Å²) >= 11 is 0. The molecule has 15 heteroatoms. The first-order valence-corrected chi connectivity index (χ1v) is 19.5. The molecule has 7 rings (SSSR count). The number of aromatic amines is 2. The molecule has 2 aromatic heterocycles. The highest BCUT2D eigenvalue weighted by molar-refractivity contribution is 7.59. The first-order chi connectivity index (χ1) is 26.0. The van der Waals surface area contributed by atoms with Crippen LogP contribution in [-0.4, -0.2) is 73.9 Å². The van der Waals surface area contributed by atoms with Crippen LogP contribution in [0, 0.1) is 17.8 Å². The smallest absolute Gasteiger partial charge is 0.407 e. The van der Waals surface area contributed by atoms with Crippen molar-refractivity contribution in [1.82, 2.24) is 35.1 Å². The Kier molecular flexibility index (Phi) is 17.5. The summed E-state index contributed by atoms with van der Waals surface area (Å²) in [6.45, 7) is 11.5. The van der Waals surface area contributed by atoms with Gasteiger partial charge in [-0.3, -0.25) is 9.59 Å². The number of alkyl carbamates (subject to hydrolysis) is 1. The number of imidazole rings is 2. The van der Waals surface area contributed by atoms with Crippen molar-refractivity contribution in [2.75, 3.05) is 20.2 Å². The van der Waals surface area contributed by atoms with E-state index in [1.807, 2.05) is 36.8 Å². The molecule has 2 aliphatic heterocycles. The number of aryl methyl sites for hydroxylation is 2. The summed E-state index contributed by atoms with van der Waals surface area (Å²) in [7, 11) is 1.30. The Bertz CT molecular complexity index is 2170. The third kappa shape index (κ3) is 10.3. The Labute approximate surface area is 370 Å². The van der Waals surface area contributed by atoms with E-state index in [1.165, 1.54) is 23.4 Å². The van der Waals surface area contributed by atoms with Gasteiger partial charge in [0.1, 0.15) is 17.7 Å². The summed E-state index contributed by atoms with van der Waals surface area (Å²) in [6, 6.07) is 18.8. The number of H-pyrrole nitrogens is 2. The number of carbonyl (C=O) groups excluding carboxylic acids is 3. The zero-order chi connectivity index (χ0) is 38.1. The highest BCUT2D eigenvalue weighted by Gasteiger charge is 2.38. The number of likely N-dealkylation sites (tertiary alicyclic amines) is 2. The third-order valence-corrected chi connectivity index (χ3v) is 11.6. The van der Waals surface area contributed by atoms with Crippen LogP contribution in [-0.2, 0) is 27.2 Å². The fourth-order valence-electron chi connectivity index (χ4n) is 8.00. The van der Waals surface area contributed by atoms with Gasteiger partial charge in [-0.25, -0.2) is 14.8 Å². The van der Waals surface area contributed by atoms with Gasteiger partial charge in [0.25, 0.3) is 0 Å². The number of rotatable bonds is 11. The number of aromatic nitrogens is 4. The molecule has 4 heterocycles. The average Bonchev–Trinajstić information content (AvgIpc) is 4.00. The lowest BCUT2D eigenvalue weighted by atomic mass is 9.96. The van der Waals surface area contributed by atoms with E-state index in [-0.39, 0.29) is 89.7 Å². The van der Waals surface area contributed by atoms with Crippen molar-refractivity contribution in [3.05, 3.63) is 83.7 Å². The maximum absolute atomic E-state index is 13.5. The number of hydrogen-bond acceptors (Lipinski definition) is 6. The van der Waals surface area contributed by atoms with Crippen LogP contribution in [0.4, 0.5) is 4.79 Å². The molecular formula is C43H61N7O4S4. The van der Waals surface area contributed by atoms with Gasteiger partial charge in [0.15, 0.2) is 0 Å². The average molecular weight is 868 g/mol. The summed E-state index contributed by atoms with van der Waals surface area (Å²) in [5.41, 5.74) is 6.43. The third-order valence-electron chi connectivity index (χ3n) is 11.6. The van der Waals surface area contributed by atoms with E-state index in [4.69, 9.17) is 14.7 Å². The number of ether oxygens (including phenoxy) is 1. The second kappa shape index (κ2) is 20.9. The molecule has 0 bridgehead atoms. The van der Waals surface area contributed by atoms with Crippen LogP contribution in [0.5, 0.6) is 0 Å². The lowest BCUT2D eigenvalue weighted by Gasteiger charge is -2.30. The van der Waals surface area contributed by atoms with Crippen molar-refractivity contribution in [1.29, 1.82) is 0 Å². The van der Waals surface area contributed by atoms with E-state index in [0.29, 0.717) is 12.5 Å². The number of nitrogens with zero attached hydrogens (tertiary/aromatic N) is 4. The van der Waals surface area contributed by atoms with Crippen molar-refractivity contribution in [3.8, 4) is 11.1 Å². The Morgan fingerprint density at radius 3 is 2.05 bits per heavy atom. The van der Waals surface area contributed by atoms with Crippen molar-refractivity contribution in [2.45, 2.75) is 91.3 Å². The molecule has 2 saturated heterocycles. The molecule has 11 nitrogen and oxygen atoms in total. The molecule has 3 amide bonds. The van der Waals surface area contributed by atoms with Gasteiger partial charge in [-0.2, -0.15) is 54.0 Å².